The van der Waals surface area contributed by atoms with Crippen LogP contribution in [-0.2, 0) is 43.2 Å². The molecule has 2 amide bonds. The number of likely N-dealkylation sites (N-methyl/N-ethyl adjacent to an activating group) is 1. The Labute approximate surface area is 349 Å². The lowest BCUT2D eigenvalue weighted by molar-refractivity contribution is -0.153. The van der Waals surface area contributed by atoms with E-state index in [2.05, 4.69) is 90.7 Å². The van der Waals surface area contributed by atoms with E-state index >= 15 is 0 Å². The number of methoxy groups -OCH3 is 1. The van der Waals surface area contributed by atoms with Crippen molar-refractivity contribution < 1.29 is 23.9 Å². The van der Waals surface area contributed by atoms with Crippen molar-refractivity contribution in [3.8, 4) is 11.3 Å². The van der Waals surface area contributed by atoms with Gasteiger partial charge < -0.3 is 30.0 Å². The van der Waals surface area contributed by atoms with Crippen LogP contribution in [0.15, 0.2) is 41.4 Å². The van der Waals surface area contributed by atoms with Crippen molar-refractivity contribution >= 4 is 45.6 Å². The van der Waals surface area contributed by atoms with Gasteiger partial charge in [-0.3, -0.25) is 14.4 Å². The number of hydrogen-bond donors (Lipinski definition) is 3. The van der Waals surface area contributed by atoms with E-state index in [9.17, 15) is 14.4 Å². The molecule has 2 aromatic heterocycles. The average Bonchev–Trinajstić information content (AvgIpc) is 3.78. The van der Waals surface area contributed by atoms with Gasteiger partial charge in [0.1, 0.15) is 12.1 Å². The third-order valence-electron chi connectivity index (χ3n) is 11.8. The van der Waals surface area contributed by atoms with Crippen LogP contribution in [0, 0.1) is 11.3 Å². The number of thiazole rings is 1. The summed E-state index contributed by atoms with van der Waals surface area (Å²) < 4.78 is 14.3. The number of ether oxygens (including phenoxy) is 2. The van der Waals surface area contributed by atoms with Crippen LogP contribution >= 0.6 is 11.3 Å². The predicted molar refractivity (Wildman–Crippen MR) is 234 cm³/mol. The Hall–Kier alpha value is -4.04. The number of aryl methyl sites for hydroxylation is 1. The summed E-state index contributed by atoms with van der Waals surface area (Å²) in [7, 11) is 3.35. The molecular formula is C45H67N7O5S. The number of rotatable bonds is 11. The summed E-state index contributed by atoms with van der Waals surface area (Å²) in [6, 6.07) is 4.78. The van der Waals surface area contributed by atoms with Gasteiger partial charge in [0.15, 0.2) is 0 Å². The summed E-state index contributed by atoms with van der Waals surface area (Å²) in [5.74, 6) is -0.786. The molecule has 0 spiro atoms. The molecule has 3 unspecified atom stereocenters. The molecule has 1 aromatic carbocycles. The maximum absolute atomic E-state index is 14.0. The monoisotopic (exact) mass is 817 g/mol. The van der Waals surface area contributed by atoms with Crippen LogP contribution in [0.4, 0.5) is 0 Å². The van der Waals surface area contributed by atoms with E-state index in [1.54, 1.807) is 25.5 Å². The number of esters is 1. The number of aromatic nitrogens is 2. The van der Waals surface area contributed by atoms with Crippen LogP contribution in [0.2, 0.25) is 0 Å². The smallest absolute Gasteiger partial charge is 0.324 e. The van der Waals surface area contributed by atoms with Crippen molar-refractivity contribution in [1.82, 2.24) is 30.2 Å². The third-order valence-corrected chi connectivity index (χ3v) is 12.7. The minimum absolute atomic E-state index is 0.104. The van der Waals surface area contributed by atoms with Crippen LogP contribution in [0.1, 0.15) is 104 Å². The number of unbranched alkanes of at least 4 members (excludes halogenated alkanes) is 1. The maximum Gasteiger partial charge on any atom is 0.324 e. The fourth-order valence-electron chi connectivity index (χ4n) is 8.28. The zero-order valence-corrected chi connectivity index (χ0v) is 37.4. The normalized spacial score (nSPS) is 22.9. The average molecular weight is 818 g/mol. The summed E-state index contributed by atoms with van der Waals surface area (Å²) in [4.78, 5) is 47.1. The van der Waals surface area contributed by atoms with Crippen LogP contribution in [0.25, 0.3) is 27.7 Å². The van der Waals surface area contributed by atoms with Crippen LogP contribution < -0.4 is 16.5 Å². The zero-order valence-electron chi connectivity index (χ0n) is 36.6. The van der Waals surface area contributed by atoms with Crippen molar-refractivity contribution in [2.24, 2.45) is 17.1 Å². The highest BCUT2D eigenvalue weighted by atomic mass is 32.1. The number of allylic oxidation sites excluding steroid dienone is 3. The fraction of sp³-hybridized carbons (Fsp3) is 0.600. The quantitative estimate of drug-likeness (QED) is 0.140. The highest BCUT2D eigenvalue weighted by molar-refractivity contribution is 7.10. The Balaban J connectivity index is 1.68. The Morgan fingerprint density at radius 2 is 1.98 bits per heavy atom. The lowest BCUT2D eigenvalue weighted by Gasteiger charge is -2.41. The van der Waals surface area contributed by atoms with Crippen LogP contribution in [0.5, 0.6) is 0 Å². The first kappa shape index (κ1) is 45.1. The molecule has 0 radical (unpaired) electrons. The highest BCUT2D eigenvalue weighted by Crippen LogP contribution is 2.40. The topological polar surface area (TPSA) is 144 Å². The molecule has 6 bridgehead atoms. The van der Waals surface area contributed by atoms with Gasteiger partial charge in [0.05, 0.1) is 35.1 Å². The summed E-state index contributed by atoms with van der Waals surface area (Å²) in [5, 5.41) is 9.45. The van der Waals surface area contributed by atoms with E-state index in [1.165, 1.54) is 11.8 Å². The van der Waals surface area contributed by atoms with Crippen molar-refractivity contribution in [2.75, 3.05) is 27.3 Å². The molecule has 13 heteroatoms. The molecular weight excluding hydrogens is 751 g/mol. The first-order valence-electron chi connectivity index (χ1n) is 21.0. The Morgan fingerprint density at radius 1 is 1.24 bits per heavy atom. The van der Waals surface area contributed by atoms with E-state index in [1.807, 2.05) is 20.8 Å². The lowest BCUT2D eigenvalue weighted by Crippen LogP contribution is -2.63. The number of hydrogen-bond acceptors (Lipinski definition) is 10. The van der Waals surface area contributed by atoms with E-state index in [0.717, 1.165) is 69.8 Å². The summed E-state index contributed by atoms with van der Waals surface area (Å²) >= 11 is 1.57. The number of nitrogens with zero attached hydrogens (tertiary/aromatic N) is 4. The van der Waals surface area contributed by atoms with Gasteiger partial charge in [-0.2, -0.15) is 0 Å². The molecule has 2 aliphatic heterocycles. The number of benzene rings is 1. The molecule has 4 N–H and O–H groups in total. The van der Waals surface area contributed by atoms with Crippen molar-refractivity contribution in [2.45, 2.75) is 138 Å². The van der Waals surface area contributed by atoms with Crippen LogP contribution in [-0.4, -0.2) is 94.8 Å². The number of nitrogens with two attached hydrogens (primary N) is 1. The number of carbonyl (C=O) groups is 3. The van der Waals surface area contributed by atoms with E-state index in [4.69, 9.17) is 20.2 Å². The first-order valence-corrected chi connectivity index (χ1v) is 21.9. The van der Waals surface area contributed by atoms with Gasteiger partial charge >= 0.3 is 5.97 Å². The standard InChI is InChI=1S/C45H67N7O5S/c1-12-14-15-17-32(40(46)29(6)56-11)42-34-24-45(8,9)26-57-44(55)35-18-16-21-52(49-35)28(5)36(48-43(54)41(27(3)4)50(10)30(7)53)23-39-47-37(25-58-39)31-19-20-38(33(34)22-31)51(42)13-2/h15,17,19-20,22,25,27-29,35-36,41,49H,12-14,16,18,21,23-24,26,46H2,1-11H3,(H,48,54)/b17-15-,40-32+/t28?,29-,35-,36?,41-/m0/s1. The second-order valence-corrected chi connectivity index (χ2v) is 18.2. The molecule has 4 heterocycles. The summed E-state index contributed by atoms with van der Waals surface area (Å²) in [6.07, 6.45) is 8.48. The van der Waals surface area contributed by atoms with Gasteiger partial charge in [0.25, 0.3) is 0 Å². The van der Waals surface area contributed by atoms with Crippen molar-refractivity contribution in [1.29, 1.82) is 0 Å². The Bertz CT molecular complexity index is 2000. The minimum Gasteiger partial charge on any atom is -0.464 e. The molecule has 3 aromatic rings. The highest BCUT2D eigenvalue weighted by Gasteiger charge is 2.37. The predicted octanol–water partition coefficient (Wildman–Crippen LogP) is 6.86. The van der Waals surface area contributed by atoms with Gasteiger partial charge in [-0.05, 0) is 70.1 Å². The zero-order chi connectivity index (χ0) is 42.5. The second kappa shape index (κ2) is 19.4. The second-order valence-electron chi connectivity index (χ2n) is 17.2. The molecule has 1 saturated heterocycles. The van der Waals surface area contributed by atoms with Gasteiger partial charge in [0.2, 0.25) is 11.8 Å². The van der Waals surface area contributed by atoms with Gasteiger partial charge in [-0.25, -0.2) is 15.4 Å². The van der Waals surface area contributed by atoms with E-state index in [0.29, 0.717) is 31.5 Å². The number of cyclic esters (lactones) is 1. The first-order chi connectivity index (χ1) is 27.5. The molecule has 318 valence electrons. The van der Waals surface area contributed by atoms with E-state index < -0.39 is 17.5 Å². The Morgan fingerprint density at radius 3 is 2.64 bits per heavy atom. The van der Waals surface area contributed by atoms with Crippen molar-refractivity contribution in [3.05, 3.63) is 57.7 Å². The maximum atomic E-state index is 14.0. The largest absolute Gasteiger partial charge is 0.464 e. The number of carbonyl (C=O) groups excluding carboxylic acids is 3. The SMILES string of the molecule is CCC/C=C\C(=C(/N)[C@H](C)OC)c1c2c3cc(ccc3n1CC)-c1csc(n1)CC(NC(=O)[C@H](C(C)C)N(C)C(C)=O)C(C)N1CCC[C@H](N1)C(=O)OCC(C)(C)C2. The third kappa shape index (κ3) is 10.0. The van der Waals surface area contributed by atoms with Gasteiger partial charge in [-0.15, -0.1) is 11.3 Å². The molecule has 58 heavy (non-hydrogen) atoms. The van der Waals surface area contributed by atoms with Gasteiger partial charge in [-0.1, -0.05) is 59.3 Å². The van der Waals surface area contributed by atoms with E-state index in [-0.39, 0.29) is 48.5 Å². The molecule has 1 fully saturated rings. The summed E-state index contributed by atoms with van der Waals surface area (Å²) in [6.45, 7) is 19.7. The molecule has 5 rings (SSSR count). The van der Waals surface area contributed by atoms with Crippen LogP contribution in [0.3, 0.4) is 0 Å². The van der Waals surface area contributed by atoms with Gasteiger partial charge in [0, 0.05) is 85.2 Å². The summed E-state index contributed by atoms with van der Waals surface area (Å²) in [5.41, 5.74) is 16.7. The molecule has 0 aliphatic carbocycles. The number of nitrogens with one attached hydrogen (secondary N) is 2. The Kier molecular flexibility index (Phi) is 15.0. The number of hydrazine groups is 1. The fourth-order valence-corrected chi connectivity index (χ4v) is 9.15. The molecule has 0 saturated carbocycles. The minimum atomic E-state index is -0.642. The lowest BCUT2D eigenvalue weighted by atomic mass is 9.84. The molecule has 2 aliphatic rings. The number of amides is 2. The number of fused-ring (bicyclic) bond motifs is 6. The van der Waals surface area contributed by atoms with Crippen molar-refractivity contribution in [3.63, 3.8) is 0 Å². The molecule has 12 nitrogen and oxygen atoms in total. The molecule has 6 atom stereocenters.